The van der Waals surface area contributed by atoms with Crippen molar-refractivity contribution in [2.24, 2.45) is 11.8 Å². The largest absolute Gasteiger partial charge is 0.462 e. The highest BCUT2D eigenvalue weighted by molar-refractivity contribution is 5.69. The topological polar surface area (TPSA) is 52.6 Å². The van der Waals surface area contributed by atoms with Crippen LogP contribution in [0.25, 0.3) is 0 Å². The summed E-state index contributed by atoms with van der Waals surface area (Å²) in [7, 11) is 0. The number of hydrogen-bond donors (Lipinski definition) is 0. The molecule has 202 valence electrons. The lowest BCUT2D eigenvalue weighted by atomic mass is 9.95. The minimum atomic E-state index is -0.0335. The van der Waals surface area contributed by atoms with Crippen molar-refractivity contribution in [1.29, 1.82) is 0 Å². The molecular formula is C30H58O4. The predicted molar refractivity (Wildman–Crippen MR) is 144 cm³/mol. The Balaban J connectivity index is 3.80. The Kier molecular flexibility index (Phi) is 21.7. The van der Waals surface area contributed by atoms with Crippen LogP contribution in [0.3, 0.4) is 0 Å². The zero-order chi connectivity index (χ0) is 25.6. The van der Waals surface area contributed by atoms with Crippen molar-refractivity contribution in [3.05, 3.63) is 0 Å². The van der Waals surface area contributed by atoms with E-state index in [-0.39, 0.29) is 24.1 Å². The third-order valence-corrected chi connectivity index (χ3v) is 7.62. The summed E-state index contributed by atoms with van der Waals surface area (Å²) in [5.41, 5.74) is 0. The van der Waals surface area contributed by atoms with E-state index in [0.717, 1.165) is 88.9 Å². The Morgan fingerprint density at radius 3 is 1.09 bits per heavy atom. The fourth-order valence-corrected chi connectivity index (χ4v) is 4.67. The van der Waals surface area contributed by atoms with Crippen LogP contribution in [0.5, 0.6) is 0 Å². The Hall–Kier alpha value is -1.06. The molecule has 0 amide bonds. The van der Waals surface area contributed by atoms with Gasteiger partial charge >= 0.3 is 11.9 Å². The van der Waals surface area contributed by atoms with Crippen molar-refractivity contribution in [3.8, 4) is 0 Å². The lowest BCUT2D eigenvalue weighted by Crippen LogP contribution is -2.18. The molecule has 0 fully saturated rings. The Morgan fingerprint density at radius 2 is 0.794 bits per heavy atom. The number of rotatable bonds is 23. The highest BCUT2D eigenvalue weighted by atomic mass is 16.5. The third-order valence-electron chi connectivity index (χ3n) is 7.62. The average Bonchev–Trinajstić information content (AvgIpc) is 2.85. The maximum atomic E-state index is 12.2. The van der Waals surface area contributed by atoms with Crippen LogP contribution in [0.15, 0.2) is 0 Å². The van der Waals surface area contributed by atoms with Gasteiger partial charge in [0.2, 0.25) is 0 Å². The highest BCUT2D eigenvalue weighted by Crippen LogP contribution is 2.20. The molecule has 0 radical (unpaired) electrons. The maximum absolute atomic E-state index is 12.2. The number of carbonyl (C=O) groups is 2. The van der Waals surface area contributed by atoms with Gasteiger partial charge in [-0.15, -0.1) is 0 Å². The van der Waals surface area contributed by atoms with Crippen molar-refractivity contribution >= 4 is 11.9 Å². The van der Waals surface area contributed by atoms with E-state index in [9.17, 15) is 9.59 Å². The average molecular weight is 483 g/mol. The minimum Gasteiger partial charge on any atom is -0.462 e. The molecule has 2 atom stereocenters. The molecule has 34 heavy (non-hydrogen) atoms. The van der Waals surface area contributed by atoms with E-state index in [1.807, 2.05) is 0 Å². The van der Waals surface area contributed by atoms with E-state index < -0.39 is 0 Å². The fraction of sp³-hybridized carbons (Fsp3) is 0.933. The maximum Gasteiger partial charge on any atom is 0.306 e. The molecule has 0 aliphatic heterocycles. The van der Waals surface area contributed by atoms with Gasteiger partial charge in [0.1, 0.15) is 12.2 Å². The molecule has 0 aromatic carbocycles. The first-order valence-electron chi connectivity index (χ1n) is 14.8. The first-order valence-corrected chi connectivity index (χ1v) is 14.8. The molecule has 0 aromatic heterocycles. The Morgan fingerprint density at radius 1 is 0.471 bits per heavy atom. The first-order chi connectivity index (χ1) is 16.4. The van der Waals surface area contributed by atoms with Crippen LogP contribution in [0.2, 0.25) is 0 Å². The number of ether oxygens (including phenoxy) is 2. The van der Waals surface area contributed by atoms with Gasteiger partial charge in [0, 0.05) is 12.8 Å². The van der Waals surface area contributed by atoms with Gasteiger partial charge < -0.3 is 9.47 Å². The van der Waals surface area contributed by atoms with Gasteiger partial charge in [0.25, 0.3) is 0 Å². The summed E-state index contributed by atoms with van der Waals surface area (Å²) >= 11 is 0. The molecule has 0 bridgehead atoms. The Bertz CT molecular complexity index is 438. The van der Waals surface area contributed by atoms with Crippen molar-refractivity contribution in [1.82, 2.24) is 0 Å². The molecule has 0 aliphatic rings. The summed E-state index contributed by atoms with van der Waals surface area (Å²) in [5, 5.41) is 0. The van der Waals surface area contributed by atoms with Crippen LogP contribution in [-0.4, -0.2) is 24.1 Å². The summed E-state index contributed by atoms with van der Waals surface area (Å²) in [5.74, 6) is 1.44. The molecule has 4 nitrogen and oxygen atoms in total. The second-order valence-electron chi connectivity index (χ2n) is 10.2. The van der Waals surface area contributed by atoms with Crippen LogP contribution >= 0.6 is 0 Å². The SMILES string of the molecule is CCC(CC)CCC(CC)OC(=O)CCCCCCCCC(=O)OC(CC)CCC(CC)CC. The van der Waals surface area contributed by atoms with E-state index in [1.54, 1.807) is 0 Å². The monoisotopic (exact) mass is 482 g/mol. The smallest absolute Gasteiger partial charge is 0.306 e. The molecule has 0 saturated heterocycles. The third kappa shape index (κ3) is 17.4. The van der Waals surface area contributed by atoms with Gasteiger partial charge in [0.05, 0.1) is 0 Å². The predicted octanol–water partition coefficient (Wildman–Crippen LogP) is 9.18. The van der Waals surface area contributed by atoms with Crippen LogP contribution in [0.4, 0.5) is 0 Å². The summed E-state index contributed by atoms with van der Waals surface area (Å²) in [6.45, 7) is 13.2. The number of esters is 2. The Labute approximate surface area is 212 Å². The zero-order valence-corrected chi connectivity index (χ0v) is 23.7. The van der Waals surface area contributed by atoms with Crippen molar-refractivity contribution in [2.45, 2.75) is 169 Å². The number of unbranched alkanes of at least 4 members (excludes halogenated alkanes) is 5. The lowest BCUT2D eigenvalue weighted by Gasteiger charge is -2.19. The van der Waals surface area contributed by atoms with E-state index in [1.165, 1.54) is 25.7 Å². The van der Waals surface area contributed by atoms with Crippen molar-refractivity contribution in [2.75, 3.05) is 0 Å². The van der Waals surface area contributed by atoms with Crippen LogP contribution in [-0.2, 0) is 19.1 Å². The second-order valence-corrected chi connectivity index (χ2v) is 10.2. The number of carbonyl (C=O) groups excluding carboxylic acids is 2. The molecule has 0 aromatic rings. The van der Waals surface area contributed by atoms with E-state index >= 15 is 0 Å². The quantitative estimate of drug-likeness (QED) is 0.108. The minimum absolute atomic E-state index is 0.0335. The standard InChI is InChI=1S/C30H58O4/c1-7-25(8-2)21-23-27(11-5)33-29(31)19-17-15-13-14-16-18-20-30(32)34-28(12-6)24-22-26(9-3)10-4/h25-28H,7-24H2,1-6H3. The van der Waals surface area contributed by atoms with E-state index in [2.05, 4.69) is 41.5 Å². The normalized spacial score (nSPS) is 13.3. The summed E-state index contributed by atoms with van der Waals surface area (Å²) in [6.07, 6.45) is 18.3. The summed E-state index contributed by atoms with van der Waals surface area (Å²) in [4.78, 5) is 24.3. The van der Waals surface area contributed by atoms with E-state index in [0.29, 0.717) is 12.8 Å². The van der Waals surface area contributed by atoms with Crippen molar-refractivity contribution in [3.63, 3.8) is 0 Å². The number of hydrogen-bond acceptors (Lipinski definition) is 4. The fourth-order valence-electron chi connectivity index (χ4n) is 4.67. The van der Waals surface area contributed by atoms with Gasteiger partial charge in [-0.1, -0.05) is 92.9 Å². The van der Waals surface area contributed by atoms with Gasteiger partial charge in [-0.2, -0.15) is 0 Å². The molecule has 4 heteroatoms. The first kappa shape index (κ1) is 32.9. The van der Waals surface area contributed by atoms with Gasteiger partial charge in [-0.25, -0.2) is 0 Å². The van der Waals surface area contributed by atoms with Crippen molar-refractivity contribution < 1.29 is 19.1 Å². The van der Waals surface area contributed by atoms with Crippen LogP contribution < -0.4 is 0 Å². The lowest BCUT2D eigenvalue weighted by molar-refractivity contribution is -0.150. The van der Waals surface area contributed by atoms with Gasteiger partial charge in [0.15, 0.2) is 0 Å². The van der Waals surface area contributed by atoms with Crippen LogP contribution in [0, 0.1) is 11.8 Å². The molecule has 0 N–H and O–H groups in total. The summed E-state index contributed by atoms with van der Waals surface area (Å²) < 4.78 is 11.4. The molecule has 0 spiro atoms. The highest BCUT2D eigenvalue weighted by Gasteiger charge is 2.16. The van der Waals surface area contributed by atoms with Gasteiger partial charge in [-0.3, -0.25) is 9.59 Å². The molecular weight excluding hydrogens is 424 g/mol. The molecule has 0 rings (SSSR count). The van der Waals surface area contributed by atoms with Gasteiger partial charge in [-0.05, 0) is 63.2 Å². The molecule has 0 heterocycles. The summed E-state index contributed by atoms with van der Waals surface area (Å²) in [6, 6.07) is 0. The molecule has 0 saturated carbocycles. The molecule has 0 aliphatic carbocycles. The zero-order valence-electron chi connectivity index (χ0n) is 23.7. The molecule has 2 unspecified atom stereocenters. The second kappa shape index (κ2) is 22.4. The van der Waals surface area contributed by atoms with Crippen LogP contribution in [0.1, 0.15) is 157 Å². The van der Waals surface area contributed by atoms with E-state index in [4.69, 9.17) is 9.47 Å².